The third-order valence-corrected chi connectivity index (χ3v) is 6.19. The van der Waals surface area contributed by atoms with Gasteiger partial charge in [0.05, 0.1) is 9.75 Å². The smallest absolute Gasteiger partial charge is 0.351 e. The Kier molecular flexibility index (Phi) is 6.49. The van der Waals surface area contributed by atoms with E-state index >= 15 is 0 Å². The fraction of sp³-hybridized carbons (Fsp3) is 0.579. The number of amides is 1. The lowest BCUT2D eigenvalue weighted by Crippen LogP contribution is -2.39. The maximum absolute atomic E-state index is 12.9. The fourth-order valence-corrected chi connectivity index (χ4v) is 4.65. The first-order chi connectivity index (χ1) is 14.0. The standard InChI is InChI=1S/C19H20F6N2O2S/c1-11-15(26-29-16(11)19(23,24)25)13-6-7-14(30-13)17(28)27-9-3-5-12(10-27)4-2-8-18(20,21)22/h6-7,12H,2-5,8-10H2,1H3. The number of aromatic nitrogens is 1. The molecule has 0 saturated carbocycles. The number of halogens is 6. The molecule has 1 saturated heterocycles. The van der Waals surface area contributed by atoms with E-state index in [1.54, 1.807) is 4.90 Å². The molecule has 3 rings (SSSR count). The van der Waals surface area contributed by atoms with E-state index in [-0.39, 0.29) is 29.5 Å². The van der Waals surface area contributed by atoms with Crippen molar-refractivity contribution in [3.63, 3.8) is 0 Å². The Bertz CT molecular complexity index is 886. The van der Waals surface area contributed by atoms with Crippen LogP contribution in [-0.4, -0.2) is 35.2 Å². The van der Waals surface area contributed by atoms with Gasteiger partial charge in [-0.2, -0.15) is 26.3 Å². The van der Waals surface area contributed by atoms with Crippen molar-refractivity contribution in [2.24, 2.45) is 5.92 Å². The average Bonchev–Trinajstić information content (AvgIpc) is 3.26. The van der Waals surface area contributed by atoms with Gasteiger partial charge < -0.3 is 9.42 Å². The predicted molar refractivity (Wildman–Crippen MR) is 98.1 cm³/mol. The van der Waals surface area contributed by atoms with Crippen molar-refractivity contribution >= 4 is 17.2 Å². The van der Waals surface area contributed by atoms with Gasteiger partial charge in [-0.05, 0) is 50.7 Å². The minimum Gasteiger partial charge on any atom is -0.351 e. The zero-order chi connectivity index (χ0) is 22.1. The molecule has 1 aliphatic heterocycles. The van der Waals surface area contributed by atoms with Crippen LogP contribution in [0.25, 0.3) is 10.6 Å². The van der Waals surface area contributed by atoms with Gasteiger partial charge in [0.25, 0.3) is 5.91 Å². The summed E-state index contributed by atoms with van der Waals surface area (Å²) in [6.45, 7) is 2.14. The second kappa shape index (κ2) is 8.60. The number of rotatable bonds is 5. The number of hydrogen-bond donors (Lipinski definition) is 0. The molecular weight excluding hydrogens is 434 g/mol. The van der Waals surface area contributed by atoms with E-state index in [0.717, 1.165) is 17.8 Å². The van der Waals surface area contributed by atoms with Crippen LogP contribution in [0.2, 0.25) is 0 Å². The van der Waals surface area contributed by atoms with Gasteiger partial charge in [0.2, 0.25) is 5.76 Å². The molecule has 1 atom stereocenters. The van der Waals surface area contributed by atoms with Crippen molar-refractivity contribution in [3.8, 4) is 10.6 Å². The van der Waals surface area contributed by atoms with Crippen molar-refractivity contribution in [1.29, 1.82) is 0 Å². The Balaban J connectivity index is 1.65. The molecule has 1 amide bonds. The molecule has 4 nitrogen and oxygen atoms in total. The fourth-order valence-electron chi connectivity index (χ4n) is 3.64. The largest absolute Gasteiger partial charge is 0.452 e. The van der Waals surface area contributed by atoms with Crippen LogP contribution in [0.1, 0.15) is 53.1 Å². The maximum atomic E-state index is 12.9. The number of nitrogens with zero attached hydrogens (tertiary/aromatic N) is 2. The second-order valence-corrected chi connectivity index (χ2v) is 8.50. The van der Waals surface area contributed by atoms with Crippen molar-refractivity contribution in [1.82, 2.24) is 10.1 Å². The van der Waals surface area contributed by atoms with Crippen LogP contribution in [-0.2, 0) is 6.18 Å². The SMILES string of the molecule is Cc1c(-c2ccc(C(=O)N3CCCC(CCCC(F)(F)F)C3)s2)noc1C(F)(F)F. The van der Waals surface area contributed by atoms with Crippen LogP contribution in [0.4, 0.5) is 26.3 Å². The van der Waals surface area contributed by atoms with Gasteiger partial charge in [-0.1, -0.05) is 5.16 Å². The lowest BCUT2D eigenvalue weighted by atomic mass is 9.92. The number of piperidine rings is 1. The van der Waals surface area contributed by atoms with Crippen LogP contribution < -0.4 is 0 Å². The van der Waals surface area contributed by atoms with E-state index in [0.29, 0.717) is 35.7 Å². The molecule has 3 heterocycles. The molecule has 0 aromatic carbocycles. The minimum absolute atomic E-state index is 0.0108. The lowest BCUT2D eigenvalue weighted by Gasteiger charge is -2.32. The summed E-state index contributed by atoms with van der Waals surface area (Å²) in [7, 11) is 0. The molecule has 30 heavy (non-hydrogen) atoms. The highest BCUT2D eigenvalue weighted by atomic mass is 32.1. The molecule has 2 aromatic rings. The van der Waals surface area contributed by atoms with Gasteiger partial charge in [-0.3, -0.25) is 4.79 Å². The Hall–Kier alpha value is -2.04. The number of carbonyl (C=O) groups is 1. The molecule has 11 heteroatoms. The van der Waals surface area contributed by atoms with Gasteiger partial charge in [0.15, 0.2) is 0 Å². The molecule has 166 valence electrons. The normalized spacial score (nSPS) is 18.1. The Morgan fingerprint density at radius 1 is 1.27 bits per heavy atom. The third kappa shape index (κ3) is 5.35. The molecular formula is C19H20F6N2O2S. The van der Waals surface area contributed by atoms with Gasteiger partial charge in [0.1, 0.15) is 5.69 Å². The number of hydrogen-bond acceptors (Lipinski definition) is 4. The van der Waals surface area contributed by atoms with Crippen LogP contribution >= 0.6 is 11.3 Å². The summed E-state index contributed by atoms with van der Waals surface area (Å²) >= 11 is 1.02. The summed E-state index contributed by atoms with van der Waals surface area (Å²) in [4.78, 5) is 15.1. The summed E-state index contributed by atoms with van der Waals surface area (Å²) in [6.07, 6.45) is -7.75. The van der Waals surface area contributed by atoms with Crippen molar-refractivity contribution in [2.75, 3.05) is 13.1 Å². The number of thiophene rings is 1. The van der Waals surface area contributed by atoms with Crippen LogP contribution in [0.15, 0.2) is 16.7 Å². The third-order valence-electron chi connectivity index (χ3n) is 5.11. The average molecular weight is 454 g/mol. The van der Waals surface area contributed by atoms with Gasteiger partial charge >= 0.3 is 12.4 Å². The summed E-state index contributed by atoms with van der Waals surface area (Å²) in [5.41, 5.74) is -0.110. The highest BCUT2D eigenvalue weighted by Gasteiger charge is 2.39. The Morgan fingerprint density at radius 3 is 2.63 bits per heavy atom. The lowest BCUT2D eigenvalue weighted by molar-refractivity contribution is -0.156. The topological polar surface area (TPSA) is 46.3 Å². The van der Waals surface area contributed by atoms with E-state index in [4.69, 9.17) is 0 Å². The predicted octanol–water partition coefficient (Wildman–Crippen LogP) is 6.32. The molecule has 0 N–H and O–H groups in total. The zero-order valence-electron chi connectivity index (χ0n) is 16.1. The van der Waals surface area contributed by atoms with Crippen LogP contribution in [0.3, 0.4) is 0 Å². The molecule has 2 aromatic heterocycles. The molecule has 1 unspecified atom stereocenters. The van der Waals surface area contributed by atoms with Gasteiger partial charge in [-0.25, -0.2) is 0 Å². The van der Waals surface area contributed by atoms with E-state index in [9.17, 15) is 31.1 Å². The first kappa shape index (κ1) is 22.6. The summed E-state index contributed by atoms with van der Waals surface area (Å²) in [5, 5.41) is 3.50. The van der Waals surface area contributed by atoms with Gasteiger partial charge in [0, 0.05) is 25.1 Å². The molecule has 0 aliphatic carbocycles. The summed E-state index contributed by atoms with van der Waals surface area (Å²) in [5.74, 6) is -1.43. The van der Waals surface area contributed by atoms with E-state index in [1.165, 1.54) is 19.1 Å². The minimum atomic E-state index is -4.65. The zero-order valence-corrected chi connectivity index (χ0v) is 16.9. The maximum Gasteiger partial charge on any atom is 0.452 e. The number of carbonyl (C=O) groups excluding carboxylic acids is 1. The van der Waals surface area contributed by atoms with Gasteiger partial charge in [-0.15, -0.1) is 11.3 Å². The van der Waals surface area contributed by atoms with E-state index < -0.39 is 24.5 Å². The molecule has 0 radical (unpaired) electrons. The number of alkyl halides is 6. The number of likely N-dealkylation sites (tertiary alicyclic amines) is 1. The van der Waals surface area contributed by atoms with E-state index in [1.807, 2.05) is 0 Å². The highest BCUT2D eigenvalue weighted by Crippen LogP contribution is 2.38. The van der Waals surface area contributed by atoms with Crippen LogP contribution in [0, 0.1) is 12.8 Å². The Morgan fingerprint density at radius 2 is 2.00 bits per heavy atom. The Labute approximate surface area is 172 Å². The molecule has 1 fully saturated rings. The highest BCUT2D eigenvalue weighted by molar-refractivity contribution is 7.17. The first-order valence-electron chi connectivity index (χ1n) is 9.45. The monoisotopic (exact) mass is 454 g/mol. The summed E-state index contributed by atoms with van der Waals surface area (Å²) in [6, 6.07) is 3.05. The van der Waals surface area contributed by atoms with Crippen LogP contribution in [0.5, 0.6) is 0 Å². The van der Waals surface area contributed by atoms with E-state index in [2.05, 4.69) is 9.68 Å². The van der Waals surface area contributed by atoms with Crippen molar-refractivity contribution in [2.45, 2.75) is 51.4 Å². The van der Waals surface area contributed by atoms with Crippen molar-refractivity contribution < 1.29 is 35.7 Å². The first-order valence-corrected chi connectivity index (χ1v) is 10.3. The molecule has 0 spiro atoms. The second-order valence-electron chi connectivity index (χ2n) is 7.41. The summed E-state index contributed by atoms with van der Waals surface area (Å²) < 4.78 is 80.1. The van der Waals surface area contributed by atoms with Crippen molar-refractivity contribution in [3.05, 3.63) is 28.3 Å². The molecule has 0 bridgehead atoms. The quantitative estimate of drug-likeness (QED) is 0.497. The molecule has 1 aliphatic rings.